The average Bonchev–Trinajstić information content (AvgIpc) is 3.31. The Bertz CT molecular complexity index is 1180. The number of amides is 1. The van der Waals surface area contributed by atoms with E-state index in [9.17, 15) is 31.1 Å². The number of halogens is 6. The first-order valence-corrected chi connectivity index (χ1v) is 10.9. The smallest absolute Gasteiger partial charge is 0.417 e. The average molecular weight is 501 g/mol. The van der Waals surface area contributed by atoms with E-state index in [4.69, 9.17) is 4.74 Å². The lowest BCUT2D eigenvalue weighted by atomic mass is 10.1. The maximum atomic E-state index is 14.6. The van der Waals surface area contributed by atoms with Gasteiger partial charge in [0.05, 0.1) is 15.4 Å². The van der Waals surface area contributed by atoms with Crippen LogP contribution in [-0.4, -0.2) is 45.9 Å². The number of carbonyl (C=O) groups is 1. The standard InChI is InChI=1S/C22H17F6N3O2S/c1-12-30-18(19(34-12)13-2-5-15(23)6-3-13)20(32)31-9-8-21(24,25)16(31)11-33-17-7-4-14(10-29-17)22(26,27)28/h2-7,10,16H,8-9,11H2,1H3. The van der Waals surface area contributed by atoms with Crippen molar-refractivity contribution < 1.29 is 35.9 Å². The van der Waals surface area contributed by atoms with Crippen molar-refractivity contribution in [3.63, 3.8) is 0 Å². The summed E-state index contributed by atoms with van der Waals surface area (Å²) in [7, 11) is 0. The summed E-state index contributed by atoms with van der Waals surface area (Å²) in [5, 5.41) is 0.524. The van der Waals surface area contributed by atoms with Crippen molar-refractivity contribution >= 4 is 17.2 Å². The van der Waals surface area contributed by atoms with Crippen LogP contribution in [0.4, 0.5) is 26.3 Å². The molecule has 34 heavy (non-hydrogen) atoms. The summed E-state index contributed by atoms with van der Waals surface area (Å²) in [5.41, 5.74) is -0.525. The summed E-state index contributed by atoms with van der Waals surface area (Å²) in [6.45, 7) is 0.718. The highest BCUT2D eigenvalue weighted by Crippen LogP contribution is 2.38. The van der Waals surface area contributed by atoms with Gasteiger partial charge in [-0.2, -0.15) is 13.2 Å². The van der Waals surface area contributed by atoms with E-state index >= 15 is 0 Å². The Balaban J connectivity index is 1.56. The fourth-order valence-electron chi connectivity index (χ4n) is 3.58. The Kier molecular flexibility index (Phi) is 6.28. The molecule has 0 radical (unpaired) electrons. The fraction of sp³-hybridized carbons (Fsp3) is 0.318. The van der Waals surface area contributed by atoms with Crippen LogP contribution in [0.5, 0.6) is 5.88 Å². The molecular formula is C22H17F6N3O2S. The van der Waals surface area contributed by atoms with Crippen LogP contribution in [0.2, 0.25) is 0 Å². The molecule has 2 aromatic heterocycles. The van der Waals surface area contributed by atoms with Crippen molar-refractivity contribution in [2.75, 3.05) is 13.2 Å². The first-order chi connectivity index (χ1) is 16.0. The number of hydrogen-bond donors (Lipinski definition) is 0. The van der Waals surface area contributed by atoms with Gasteiger partial charge in [0.1, 0.15) is 24.2 Å². The highest BCUT2D eigenvalue weighted by Gasteiger charge is 2.52. The SMILES string of the molecule is Cc1nc(C(=O)N2CCC(F)(F)C2COc2ccc(C(F)(F)F)cn2)c(-c2ccc(F)cc2)s1. The van der Waals surface area contributed by atoms with Crippen molar-refractivity contribution in [3.05, 3.63) is 64.7 Å². The zero-order valence-electron chi connectivity index (χ0n) is 17.6. The number of benzene rings is 1. The maximum absolute atomic E-state index is 14.6. The quantitative estimate of drug-likeness (QED) is 0.427. The van der Waals surface area contributed by atoms with Crippen molar-refractivity contribution in [2.45, 2.75) is 31.5 Å². The molecule has 1 fully saturated rings. The van der Waals surface area contributed by atoms with Gasteiger partial charge < -0.3 is 9.64 Å². The molecule has 12 heteroatoms. The second kappa shape index (κ2) is 8.90. The number of ether oxygens (including phenoxy) is 1. The molecule has 3 heterocycles. The van der Waals surface area contributed by atoms with Gasteiger partial charge in [0.2, 0.25) is 5.88 Å². The third kappa shape index (κ3) is 4.86. The summed E-state index contributed by atoms with van der Waals surface area (Å²) < 4.78 is 85.8. The number of thiazole rings is 1. The van der Waals surface area contributed by atoms with Crippen LogP contribution in [0.3, 0.4) is 0 Å². The van der Waals surface area contributed by atoms with E-state index in [1.807, 2.05) is 0 Å². The molecule has 1 amide bonds. The van der Waals surface area contributed by atoms with Crippen LogP contribution in [0.25, 0.3) is 10.4 Å². The van der Waals surface area contributed by atoms with E-state index in [1.165, 1.54) is 35.6 Å². The normalized spacial score (nSPS) is 17.7. The minimum Gasteiger partial charge on any atom is -0.475 e. The van der Waals surface area contributed by atoms with E-state index < -0.39 is 48.5 Å². The number of hydrogen-bond acceptors (Lipinski definition) is 5. The third-order valence-electron chi connectivity index (χ3n) is 5.31. The number of likely N-dealkylation sites (tertiary alicyclic amines) is 1. The van der Waals surface area contributed by atoms with E-state index in [2.05, 4.69) is 9.97 Å². The molecular weight excluding hydrogens is 484 g/mol. The van der Waals surface area contributed by atoms with Crippen molar-refractivity contribution in [3.8, 4) is 16.3 Å². The second-order valence-electron chi connectivity index (χ2n) is 7.64. The molecule has 1 aliphatic heterocycles. The van der Waals surface area contributed by atoms with Crippen LogP contribution in [0, 0.1) is 12.7 Å². The summed E-state index contributed by atoms with van der Waals surface area (Å²) in [6, 6.07) is 5.35. The monoisotopic (exact) mass is 501 g/mol. The van der Waals surface area contributed by atoms with Crippen molar-refractivity contribution in [1.29, 1.82) is 0 Å². The zero-order chi connectivity index (χ0) is 24.7. The van der Waals surface area contributed by atoms with Crippen LogP contribution in [0.15, 0.2) is 42.6 Å². The predicted octanol–water partition coefficient (Wildman–Crippen LogP) is 5.60. The first kappa shape index (κ1) is 24.0. The van der Waals surface area contributed by atoms with E-state index in [-0.39, 0.29) is 18.1 Å². The Morgan fingerprint density at radius 1 is 1.21 bits per heavy atom. The molecule has 1 aliphatic rings. The van der Waals surface area contributed by atoms with E-state index in [0.717, 1.165) is 17.0 Å². The Hall–Kier alpha value is -3.15. The van der Waals surface area contributed by atoms with Crippen molar-refractivity contribution in [2.24, 2.45) is 0 Å². The van der Waals surface area contributed by atoms with Crippen LogP contribution >= 0.6 is 11.3 Å². The predicted molar refractivity (Wildman–Crippen MR) is 111 cm³/mol. The molecule has 0 N–H and O–H groups in total. The topological polar surface area (TPSA) is 55.3 Å². The highest BCUT2D eigenvalue weighted by atomic mass is 32.1. The molecule has 1 atom stereocenters. The number of aryl methyl sites for hydroxylation is 1. The number of pyridine rings is 1. The summed E-state index contributed by atoms with van der Waals surface area (Å²) in [5.74, 6) is -4.77. The third-order valence-corrected chi connectivity index (χ3v) is 6.33. The van der Waals surface area contributed by atoms with Gasteiger partial charge in [-0.15, -0.1) is 11.3 Å². The summed E-state index contributed by atoms with van der Waals surface area (Å²) in [4.78, 5) is 22.4. The molecule has 0 aliphatic carbocycles. The van der Waals surface area contributed by atoms with E-state index in [0.29, 0.717) is 21.6 Å². The van der Waals surface area contributed by atoms with E-state index in [1.54, 1.807) is 6.92 Å². The lowest BCUT2D eigenvalue weighted by molar-refractivity contribution is -0.137. The second-order valence-corrected chi connectivity index (χ2v) is 8.84. The molecule has 1 aromatic carbocycles. The van der Waals surface area contributed by atoms with Gasteiger partial charge in [-0.25, -0.2) is 23.1 Å². The number of alkyl halides is 5. The molecule has 180 valence electrons. The highest BCUT2D eigenvalue weighted by molar-refractivity contribution is 7.15. The molecule has 5 nitrogen and oxygen atoms in total. The Morgan fingerprint density at radius 3 is 2.53 bits per heavy atom. The van der Waals surface area contributed by atoms with Gasteiger partial charge in [-0.3, -0.25) is 4.79 Å². The number of rotatable bonds is 5. The minimum absolute atomic E-state index is 0.0375. The molecule has 0 bridgehead atoms. The molecule has 0 spiro atoms. The Morgan fingerprint density at radius 2 is 1.91 bits per heavy atom. The van der Waals surface area contributed by atoms with Gasteiger partial charge in [0.25, 0.3) is 11.8 Å². The Labute approximate surface area is 194 Å². The first-order valence-electron chi connectivity index (χ1n) is 10.0. The van der Waals surface area contributed by atoms with Crippen molar-refractivity contribution in [1.82, 2.24) is 14.9 Å². The van der Waals surface area contributed by atoms with Gasteiger partial charge in [-0.1, -0.05) is 12.1 Å². The van der Waals surface area contributed by atoms with Crippen LogP contribution in [-0.2, 0) is 6.18 Å². The van der Waals surface area contributed by atoms with Gasteiger partial charge >= 0.3 is 6.18 Å². The molecule has 1 saturated heterocycles. The van der Waals surface area contributed by atoms with Gasteiger partial charge in [-0.05, 0) is 30.7 Å². The summed E-state index contributed by atoms with van der Waals surface area (Å²) in [6.07, 6.45) is -4.67. The lowest BCUT2D eigenvalue weighted by Gasteiger charge is -2.27. The maximum Gasteiger partial charge on any atom is 0.417 e. The molecule has 1 unspecified atom stereocenters. The lowest BCUT2D eigenvalue weighted by Crippen LogP contribution is -2.46. The van der Waals surface area contributed by atoms with Gasteiger partial charge in [0, 0.05) is 25.2 Å². The molecule has 4 rings (SSSR count). The molecule has 3 aromatic rings. The number of aromatic nitrogens is 2. The van der Waals surface area contributed by atoms with Gasteiger partial charge in [0.15, 0.2) is 0 Å². The number of carbonyl (C=O) groups excluding carboxylic acids is 1. The summed E-state index contributed by atoms with van der Waals surface area (Å²) >= 11 is 1.17. The zero-order valence-corrected chi connectivity index (χ0v) is 18.4. The van der Waals surface area contributed by atoms with Crippen LogP contribution < -0.4 is 4.74 Å². The largest absolute Gasteiger partial charge is 0.475 e. The minimum atomic E-state index is -4.60. The number of nitrogens with zero attached hydrogens (tertiary/aromatic N) is 3. The van der Waals surface area contributed by atoms with Crippen LogP contribution in [0.1, 0.15) is 27.5 Å². The fourth-order valence-corrected chi connectivity index (χ4v) is 4.49. The molecule has 0 saturated carbocycles.